The number of hydrogen-bond acceptors (Lipinski definition) is 3. The third-order valence-electron chi connectivity index (χ3n) is 3.95. The second-order valence-corrected chi connectivity index (χ2v) is 5.48. The first-order chi connectivity index (χ1) is 11.1. The molecular formula is C17H18N4O2. The molecular weight excluding hydrogens is 292 g/mol. The highest BCUT2D eigenvalue weighted by molar-refractivity contribution is 5.81. The summed E-state index contributed by atoms with van der Waals surface area (Å²) in [5, 5.41) is 11.2. The first kappa shape index (κ1) is 15.1. The monoisotopic (exact) mass is 310 g/mol. The number of amides is 2. The van der Waals surface area contributed by atoms with Gasteiger partial charge in [-0.05, 0) is 47.7 Å². The molecule has 0 radical (unpaired) electrons. The second-order valence-electron chi connectivity index (χ2n) is 5.48. The highest BCUT2D eigenvalue weighted by Gasteiger charge is 2.17. The zero-order chi connectivity index (χ0) is 16.4. The van der Waals surface area contributed by atoms with Crippen LogP contribution in [0.5, 0.6) is 0 Å². The van der Waals surface area contributed by atoms with Gasteiger partial charge in [-0.3, -0.25) is 10.2 Å². The van der Waals surface area contributed by atoms with Crippen LogP contribution >= 0.6 is 0 Å². The minimum Gasteiger partial charge on any atom is -0.350 e. The van der Waals surface area contributed by atoms with E-state index in [0.717, 1.165) is 28.6 Å². The van der Waals surface area contributed by atoms with Crippen molar-refractivity contribution in [2.24, 2.45) is 5.73 Å². The number of primary amides is 1. The number of nitrogens with zero attached hydrogens (tertiary/aromatic N) is 3. The van der Waals surface area contributed by atoms with Crippen molar-refractivity contribution in [3.05, 3.63) is 66.1 Å². The van der Waals surface area contributed by atoms with Crippen LogP contribution < -0.4 is 5.73 Å². The molecule has 3 rings (SSSR count). The number of hydrogen-bond donors (Lipinski definition) is 2. The summed E-state index contributed by atoms with van der Waals surface area (Å²) in [6.45, 7) is 2.46. The van der Waals surface area contributed by atoms with Gasteiger partial charge in [0.1, 0.15) is 0 Å². The number of urea groups is 1. The molecule has 1 aromatic carbocycles. The third-order valence-corrected chi connectivity index (χ3v) is 3.95. The first-order valence-electron chi connectivity index (χ1n) is 7.31. The molecule has 0 saturated heterocycles. The van der Waals surface area contributed by atoms with Crippen molar-refractivity contribution < 1.29 is 10.0 Å². The van der Waals surface area contributed by atoms with Gasteiger partial charge in [-0.25, -0.2) is 4.79 Å². The number of fused-ring (bicyclic) bond motifs is 1. The smallest absolute Gasteiger partial charge is 0.339 e. The van der Waals surface area contributed by atoms with Crippen molar-refractivity contribution >= 4 is 16.9 Å². The second kappa shape index (κ2) is 6.10. The number of nitrogens with two attached hydrogens (primary N) is 1. The van der Waals surface area contributed by atoms with Crippen LogP contribution in [0.25, 0.3) is 10.9 Å². The van der Waals surface area contributed by atoms with Crippen molar-refractivity contribution in [3.63, 3.8) is 0 Å². The average Bonchev–Trinajstić information content (AvgIpc) is 2.96. The number of aromatic nitrogens is 2. The zero-order valence-electron chi connectivity index (χ0n) is 12.8. The maximum absolute atomic E-state index is 11.1. The quantitative estimate of drug-likeness (QED) is 0.574. The minimum absolute atomic E-state index is 0.501. The highest BCUT2D eigenvalue weighted by atomic mass is 16.5. The number of rotatable bonds is 4. The molecule has 2 heterocycles. The Kier molecular flexibility index (Phi) is 3.99. The summed E-state index contributed by atoms with van der Waals surface area (Å²) in [4.78, 5) is 15.2. The van der Waals surface area contributed by atoms with Gasteiger partial charge in [-0.1, -0.05) is 12.1 Å². The lowest BCUT2D eigenvalue weighted by Crippen LogP contribution is -2.34. The number of benzene rings is 1. The Morgan fingerprint density at radius 2 is 2.22 bits per heavy atom. The first-order valence-corrected chi connectivity index (χ1v) is 7.31. The van der Waals surface area contributed by atoms with E-state index < -0.39 is 12.1 Å². The molecule has 118 valence electrons. The molecule has 0 aliphatic carbocycles. The Labute approximate surface area is 133 Å². The zero-order valence-corrected chi connectivity index (χ0v) is 12.8. The lowest BCUT2D eigenvalue weighted by atomic mass is 10.1. The summed E-state index contributed by atoms with van der Waals surface area (Å²) in [7, 11) is 0. The molecule has 6 heteroatoms. The van der Waals surface area contributed by atoms with E-state index in [1.54, 1.807) is 13.1 Å². The van der Waals surface area contributed by atoms with Crippen molar-refractivity contribution in [3.8, 4) is 0 Å². The Bertz CT molecular complexity index is 829. The molecule has 3 N–H and O–H groups in total. The lowest BCUT2D eigenvalue weighted by Gasteiger charge is -2.21. The van der Waals surface area contributed by atoms with E-state index in [-0.39, 0.29) is 0 Å². The molecule has 1 unspecified atom stereocenters. The summed E-state index contributed by atoms with van der Waals surface area (Å²) >= 11 is 0. The van der Waals surface area contributed by atoms with Gasteiger partial charge in [0.2, 0.25) is 0 Å². The van der Waals surface area contributed by atoms with Crippen LogP contribution in [0, 0.1) is 0 Å². The molecule has 23 heavy (non-hydrogen) atoms. The lowest BCUT2D eigenvalue weighted by molar-refractivity contribution is -0.0709. The Balaban J connectivity index is 1.90. The standard InChI is InChI=1S/C17H18N4O2/c1-12(21(23)17(18)22)14-4-5-16-15(9-14)6-8-20(16)11-13-3-2-7-19-10-13/h2-10,12,23H,11H2,1H3,(H2,18,22). The van der Waals surface area contributed by atoms with Gasteiger partial charge in [0, 0.05) is 30.7 Å². The topological polar surface area (TPSA) is 84.4 Å². The number of carbonyl (C=O) groups excluding carboxylic acids is 1. The van der Waals surface area contributed by atoms with Gasteiger partial charge in [0.05, 0.1) is 6.04 Å². The van der Waals surface area contributed by atoms with Gasteiger partial charge in [0.25, 0.3) is 0 Å². The van der Waals surface area contributed by atoms with Gasteiger partial charge in [-0.2, -0.15) is 5.06 Å². The van der Waals surface area contributed by atoms with Gasteiger partial charge < -0.3 is 10.3 Å². The highest BCUT2D eigenvalue weighted by Crippen LogP contribution is 2.24. The predicted octanol–water partition coefficient (Wildman–Crippen LogP) is 2.92. The number of hydroxylamine groups is 2. The van der Waals surface area contributed by atoms with E-state index in [0.29, 0.717) is 5.06 Å². The molecule has 0 aliphatic rings. The van der Waals surface area contributed by atoms with Crippen molar-refractivity contribution in [2.45, 2.75) is 19.5 Å². The molecule has 0 spiro atoms. The Morgan fingerprint density at radius 3 is 2.91 bits per heavy atom. The number of carbonyl (C=O) groups is 1. The van der Waals surface area contributed by atoms with Crippen LogP contribution in [0.1, 0.15) is 24.1 Å². The van der Waals surface area contributed by atoms with E-state index >= 15 is 0 Å². The van der Waals surface area contributed by atoms with E-state index in [9.17, 15) is 10.0 Å². The van der Waals surface area contributed by atoms with Crippen molar-refractivity contribution in [1.82, 2.24) is 14.6 Å². The maximum Gasteiger partial charge on any atom is 0.339 e. The van der Waals surface area contributed by atoms with E-state index in [4.69, 9.17) is 5.73 Å². The van der Waals surface area contributed by atoms with E-state index in [2.05, 4.69) is 9.55 Å². The van der Waals surface area contributed by atoms with E-state index in [1.165, 1.54) is 0 Å². The maximum atomic E-state index is 11.1. The van der Waals surface area contributed by atoms with Crippen LogP contribution in [0.2, 0.25) is 0 Å². The average molecular weight is 310 g/mol. The fraction of sp³-hybridized carbons (Fsp3) is 0.176. The molecule has 2 amide bonds. The summed E-state index contributed by atoms with van der Waals surface area (Å²) in [6, 6.07) is 10.4. The summed E-state index contributed by atoms with van der Waals surface area (Å²) in [5.41, 5.74) is 8.12. The third kappa shape index (κ3) is 3.02. The molecule has 2 aromatic heterocycles. The number of pyridine rings is 1. The fourth-order valence-electron chi connectivity index (χ4n) is 2.64. The Hall–Kier alpha value is -2.86. The van der Waals surface area contributed by atoms with Crippen molar-refractivity contribution in [2.75, 3.05) is 0 Å². The normalized spacial score (nSPS) is 12.3. The summed E-state index contributed by atoms with van der Waals surface area (Å²) in [5.74, 6) is 0. The minimum atomic E-state index is -0.869. The molecule has 0 aliphatic heterocycles. The van der Waals surface area contributed by atoms with Crippen molar-refractivity contribution in [1.29, 1.82) is 0 Å². The summed E-state index contributed by atoms with van der Waals surface area (Å²) in [6.07, 6.45) is 5.61. The largest absolute Gasteiger partial charge is 0.350 e. The molecule has 0 fully saturated rings. The molecule has 1 atom stereocenters. The fourth-order valence-corrected chi connectivity index (χ4v) is 2.64. The Morgan fingerprint density at radius 1 is 1.39 bits per heavy atom. The van der Waals surface area contributed by atoms with Gasteiger partial charge in [-0.15, -0.1) is 0 Å². The SMILES string of the molecule is CC(c1ccc2c(ccn2Cc2cccnc2)c1)N(O)C(N)=O. The van der Waals surface area contributed by atoms with Crippen LogP contribution in [0.3, 0.4) is 0 Å². The van der Waals surface area contributed by atoms with Gasteiger partial charge in [0.15, 0.2) is 0 Å². The van der Waals surface area contributed by atoms with Crippen LogP contribution in [0.4, 0.5) is 4.79 Å². The van der Waals surface area contributed by atoms with Crippen LogP contribution in [0.15, 0.2) is 55.0 Å². The van der Waals surface area contributed by atoms with Crippen LogP contribution in [-0.2, 0) is 6.54 Å². The molecule has 6 nitrogen and oxygen atoms in total. The predicted molar refractivity (Wildman–Crippen MR) is 86.9 cm³/mol. The molecule has 3 aromatic rings. The molecule has 0 saturated carbocycles. The van der Waals surface area contributed by atoms with Crippen LogP contribution in [-0.4, -0.2) is 25.9 Å². The van der Waals surface area contributed by atoms with Gasteiger partial charge >= 0.3 is 6.03 Å². The summed E-state index contributed by atoms with van der Waals surface area (Å²) < 4.78 is 2.13. The molecule has 0 bridgehead atoms. The van der Waals surface area contributed by atoms with E-state index in [1.807, 2.05) is 48.8 Å².